The molecule has 1 aromatic heterocycles. The van der Waals surface area contributed by atoms with Crippen molar-refractivity contribution >= 4 is 34.9 Å². The summed E-state index contributed by atoms with van der Waals surface area (Å²) in [6, 6.07) is -0.184. The predicted octanol–water partition coefficient (Wildman–Crippen LogP) is 2.25. The van der Waals surface area contributed by atoms with E-state index >= 15 is 0 Å². The fourth-order valence-electron chi connectivity index (χ4n) is 2.30. The molecule has 1 heterocycles. The summed E-state index contributed by atoms with van der Waals surface area (Å²) in [5, 5.41) is 5.03. The van der Waals surface area contributed by atoms with Crippen LogP contribution in [-0.2, 0) is 4.79 Å². The monoisotopic (exact) mass is 306 g/mol. The van der Waals surface area contributed by atoms with E-state index in [1.54, 1.807) is 7.05 Å². The van der Waals surface area contributed by atoms with Gasteiger partial charge in [0.25, 0.3) is 0 Å². The van der Waals surface area contributed by atoms with Gasteiger partial charge < -0.3 is 10.6 Å². The van der Waals surface area contributed by atoms with Gasteiger partial charge in [-0.3, -0.25) is 4.79 Å². The SMILES string of the molecule is CNC(=O)[C@H]1CCC[C@H]1Nc1nc(Cl)nc(Cl)c1F. The van der Waals surface area contributed by atoms with Gasteiger partial charge in [-0.05, 0) is 24.4 Å². The van der Waals surface area contributed by atoms with E-state index in [9.17, 15) is 9.18 Å². The standard InChI is InChI=1S/C11H13Cl2FN4O/c1-15-10(19)5-3-2-4-6(5)16-9-7(14)8(12)17-11(13)18-9/h5-6H,2-4H2,1H3,(H,15,19)(H,16,17,18)/t5-,6+/m0/s1. The second kappa shape index (κ2) is 5.88. The van der Waals surface area contributed by atoms with Crippen LogP contribution in [0.5, 0.6) is 0 Å². The molecule has 8 heteroatoms. The zero-order valence-electron chi connectivity index (χ0n) is 10.2. The van der Waals surface area contributed by atoms with E-state index in [-0.39, 0.29) is 34.1 Å². The van der Waals surface area contributed by atoms with Gasteiger partial charge in [0.1, 0.15) is 0 Å². The molecule has 5 nitrogen and oxygen atoms in total. The molecule has 1 aromatic rings. The average molecular weight is 307 g/mol. The molecule has 2 N–H and O–H groups in total. The van der Waals surface area contributed by atoms with Gasteiger partial charge in [-0.2, -0.15) is 9.37 Å². The molecule has 0 aliphatic heterocycles. The molecule has 104 valence electrons. The normalized spacial score (nSPS) is 22.3. The third-order valence-electron chi connectivity index (χ3n) is 3.20. The Balaban J connectivity index is 2.19. The predicted molar refractivity (Wildman–Crippen MR) is 70.8 cm³/mol. The highest BCUT2D eigenvalue weighted by atomic mass is 35.5. The number of rotatable bonds is 3. The maximum atomic E-state index is 13.8. The first kappa shape index (κ1) is 14.3. The van der Waals surface area contributed by atoms with E-state index in [2.05, 4.69) is 20.6 Å². The van der Waals surface area contributed by atoms with Crippen LogP contribution in [0.3, 0.4) is 0 Å². The summed E-state index contributed by atoms with van der Waals surface area (Å²) in [6.07, 6.45) is 2.41. The molecule has 2 rings (SSSR count). The maximum Gasteiger partial charge on any atom is 0.225 e. The highest BCUT2D eigenvalue weighted by Gasteiger charge is 2.33. The van der Waals surface area contributed by atoms with Crippen LogP contribution >= 0.6 is 23.2 Å². The Labute approximate surface area is 119 Å². The Morgan fingerprint density at radius 1 is 1.37 bits per heavy atom. The first-order valence-corrected chi connectivity index (χ1v) is 6.65. The molecule has 0 saturated heterocycles. The van der Waals surface area contributed by atoms with Crippen molar-refractivity contribution in [3.63, 3.8) is 0 Å². The van der Waals surface area contributed by atoms with Crippen molar-refractivity contribution in [2.75, 3.05) is 12.4 Å². The number of nitrogens with one attached hydrogen (secondary N) is 2. The second-order valence-corrected chi connectivity index (χ2v) is 5.04. The van der Waals surface area contributed by atoms with Crippen molar-refractivity contribution in [3.05, 3.63) is 16.3 Å². The fraction of sp³-hybridized carbons (Fsp3) is 0.545. The molecular weight excluding hydrogens is 294 g/mol. The molecule has 0 radical (unpaired) electrons. The third kappa shape index (κ3) is 3.06. The minimum Gasteiger partial charge on any atom is -0.364 e. The Bertz CT molecular complexity index is 500. The van der Waals surface area contributed by atoms with Crippen LogP contribution in [0.1, 0.15) is 19.3 Å². The van der Waals surface area contributed by atoms with Crippen LogP contribution in [-0.4, -0.2) is 29.0 Å². The summed E-state index contributed by atoms with van der Waals surface area (Å²) in [4.78, 5) is 19.0. The largest absolute Gasteiger partial charge is 0.364 e. The van der Waals surface area contributed by atoms with Crippen molar-refractivity contribution in [3.8, 4) is 0 Å². The van der Waals surface area contributed by atoms with Crippen LogP contribution < -0.4 is 10.6 Å². The van der Waals surface area contributed by atoms with Crippen molar-refractivity contribution in [2.45, 2.75) is 25.3 Å². The topological polar surface area (TPSA) is 66.9 Å². The van der Waals surface area contributed by atoms with Crippen LogP contribution in [0, 0.1) is 11.7 Å². The van der Waals surface area contributed by atoms with E-state index in [1.165, 1.54) is 0 Å². The van der Waals surface area contributed by atoms with Crippen molar-refractivity contribution in [1.82, 2.24) is 15.3 Å². The quantitative estimate of drug-likeness (QED) is 0.664. The fourth-order valence-corrected chi connectivity index (χ4v) is 2.68. The molecule has 1 amide bonds. The number of hydrogen-bond acceptors (Lipinski definition) is 4. The molecule has 0 bridgehead atoms. The first-order valence-electron chi connectivity index (χ1n) is 5.89. The Kier molecular flexibility index (Phi) is 4.42. The summed E-state index contributed by atoms with van der Waals surface area (Å²) in [7, 11) is 1.58. The highest BCUT2D eigenvalue weighted by molar-refractivity contribution is 6.32. The Hall–Kier alpha value is -1.14. The number of aromatic nitrogens is 2. The molecule has 1 fully saturated rings. The van der Waals surface area contributed by atoms with E-state index in [1.807, 2.05) is 0 Å². The average Bonchev–Trinajstić information content (AvgIpc) is 2.82. The van der Waals surface area contributed by atoms with Gasteiger partial charge >= 0.3 is 0 Å². The van der Waals surface area contributed by atoms with Crippen LogP contribution in [0.15, 0.2) is 0 Å². The molecular formula is C11H13Cl2FN4O. The molecule has 1 aliphatic rings. The van der Waals surface area contributed by atoms with Crippen LogP contribution in [0.25, 0.3) is 0 Å². The summed E-state index contributed by atoms with van der Waals surface area (Å²) in [5.74, 6) is -1.10. The summed E-state index contributed by atoms with van der Waals surface area (Å²) >= 11 is 11.2. The molecule has 1 aliphatic carbocycles. The van der Waals surface area contributed by atoms with Crippen molar-refractivity contribution in [2.24, 2.45) is 5.92 Å². The number of nitrogens with zero attached hydrogens (tertiary/aromatic N) is 2. The molecule has 1 saturated carbocycles. The number of hydrogen-bond donors (Lipinski definition) is 2. The lowest BCUT2D eigenvalue weighted by Gasteiger charge is -2.20. The highest BCUT2D eigenvalue weighted by Crippen LogP contribution is 2.30. The second-order valence-electron chi connectivity index (χ2n) is 4.35. The zero-order chi connectivity index (χ0) is 14.0. The lowest BCUT2D eigenvalue weighted by atomic mass is 10.0. The van der Waals surface area contributed by atoms with E-state index < -0.39 is 5.82 Å². The van der Waals surface area contributed by atoms with Gasteiger partial charge in [0.15, 0.2) is 11.0 Å². The molecule has 0 unspecified atom stereocenters. The van der Waals surface area contributed by atoms with Gasteiger partial charge in [0.2, 0.25) is 17.0 Å². The van der Waals surface area contributed by atoms with Gasteiger partial charge in [-0.25, -0.2) is 4.98 Å². The number of anilines is 1. The number of carbonyl (C=O) groups is 1. The maximum absolute atomic E-state index is 13.8. The minimum absolute atomic E-state index is 0.0641. The van der Waals surface area contributed by atoms with Crippen molar-refractivity contribution in [1.29, 1.82) is 0 Å². The van der Waals surface area contributed by atoms with Crippen LogP contribution in [0.4, 0.5) is 10.2 Å². The van der Waals surface area contributed by atoms with E-state index in [4.69, 9.17) is 23.2 Å². The number of halogens is 3. The lowest BCUT2D eigenvalue weighted by molar-refractivity contribution is -0.124. The summed E-state index contributed by atoms with van der Waals surface area (Å²) in [6.45, 7) is 0. The number of carbonyl (C=O) groups excluding carboxylic acids is 1. The zero-order valence-corrected chi connectivity index (χ0v) is 11.7. The van der Waals surface area contributed by atoms with E-state index in [0.29, 0.717) is 0 Å². The first-order chi connectivity index (χ1) is 9.02. The Morgan fingerprint density at radius 3 is 2.79 bits per heavy atom. The van der Waals surface area contributed by atoms with Gasteiger partial charge in [-0.15, -0.1) is 0 Å². The molecule has 19 heavy (non-hydrogen) atoms. The van der Waals surface area contributed by atoms with Gasteiger partial charge in [0.05, 0.1) is 5.92 Å². The van der Waals surface area contributed by atoms with E-state index in [0.717, 1.165) is 19.3 Å². The minimum atomic E-state index is -0.756. The number of amides is 1. The third-order valence-corrected chi connectivity index (χ3v) is 3.62. The van der Waals surface area contributed by atoms with Gasteiger partial charge in [0, 0.05) is 13.1 Å². The molecule has 2 atom stereocenters. The lowest BCUT2D eigenvalue weighted by Crippen LogP contribution is -2.36. The smallest absolute Gasteiger partial charge is 0.225 e. The van der Waals surface area contributed by atoms with Crippen LogP contribution in [0.2, 0.25) is 10.4 Å². The molecule has 0 spiro atoms. The van der Waals surface area contributed by atoms with Gasteiger partial charge in [-0.1, -0.05) is 18.0 Å². The summed E-state index contributed by atoms with van der Waals surface area (Å²) < 4.78 is 13.8. The summed E-state index contributed by atoms with van der Waals surface area (Å²) in [5.41, 5.74) is 0. The van der Waals surface area contributed by atoms with Crippen molar-refractivity contribution < 1.29 is 9.18 Å². The molecule has 0 aromatic carbocycles. The Morgan fingerprint density at radius 2 is 2.11 bits per heavy atom.